The minimum Gasteiger partial charge on any atom is -0.319 e. The van der Waals surface area contributed by atoms with Gasteiger partial charge in [-0.25, -0.2) is 0 Å². The van der Waals surface area contributed by atoms with E-state index in [0.717, 1.165) is 0 Å². The number of hydrogen-bond donors (Lipinski definition) is 0. The second-order valence-corrected chi connectivity index (χ2v) is 1.00. The predicted molar refractivity (Wildman–Crippen MR) is 24.1 cm³/mol. The minimum absolute atomic E-state index is 0. The second kappa shape index (κ2) is 7.60. The Kier molecular flexibility index (Phi) is 10.8. The van der Waals surface area contributed by atoms with E-state index in [1.165, 1.54) is 0 Å². The molecule has 1 rings (SSSR count). The Labute approximate surface area is 78.2 Å². The van der Waals surface area contributed by atoms with Crippen LogP contribution in [0, 0.1) is 12.1 Å². The predicted octanol–water partition coefficient (Wildman–Crippen LogP) is 1.28. The van der Waals surface area contributed by atoms with Crippen molar-refractivity contribution in [2.24, 2.45) is 0 Å². The normalized spacial score (nSPS) is 6.00. The SMILES string of the molecule is [Pt].[Pt].[c-]1cc[c-]cc1. The van der Waals surface area contributed by atoms with E-state index in [0.29, 0.717) is 0 Å². The van der Waals surface area contributed by atoms with Gasteiger partial charge in [-0.3, -0.25) is 24.3 Å². The van der Waals surface area contributed by atoms with Crippen molar-refractivity contribution in [2.75, 3.05) is 0 Å². The summed E-state index contributed by atoms with van der Waals surface area (Å²) in [6.07, 6.45) is 0. The summed E-state index contributed by atoms with van der Waals surface area (Å²) in [6, 6.07) is 13.0. The number of hydrogen-bond acceptors (Lipinski definition) is 0. The molecule has 0 radical (unpaired) electrons. The first-order chi connectivity index (χ1) is 3.00. The molecule has 0 heterocycles. The third-order valence-electron chi connectivity index (χ3n) is 0.552. The topological polar surface area (TPSA) is 0 Å². The molecule has 0 bridgehead atoms. The third-order valence-corrected chi connectivity index (χ3v) is 0.552. The Balaban J connectivity index is 0. The smallest absolute Gasteiger partial charge is 0 e. The molecule has 0 aromatic heterocycles. The van der Waals surface area contributed by atoms with Gasteiger partial charge in [-0.1, -0.05) is 0 Å². The molecule has 0 nitrogen and oxygen atoms in total. The van der Waals surface area contributed by atoms with Gasteiger partial charge in [0.05, 0.1) is 0 Å². The molecule has 1 aromatic rings. The van der Waals surface area contributed by atoms with Crippen molar-refractivity contribution in [3.63, 3.8) is 0 Å². The van der Waals surface area contributed by atoms with Gasteiger partial charge in [-0.15, -0.1) is 0 Å². The summed E-state index contributed by atoms with van der Waals surface area (Å²) < 4.78 is 0. The molecule has 50 valence electrons. The standard InChI is InChI=1S/C6H4.2Pt/c1-2-4-6-5-3-1;;/h1-2,5-6H;;/q-2;;. The van der Waals surface area contributed by atoms with E-state index in [9.17, 15) is 0 Å². The summed E-state index contributed by atoms with van der Waals surface area (Å²) >= 11 is 0. The van der Waals surface area contributed by atoms with Crippen LogP contribution in [0.2, 0.25) is 0 Å². The first-order valence-corrected chi connectivity index (χ1v) is 1.82. The fourth-order valence-corrected chi connectivity index (χ4v) is 0.304. The van der Waals surface area contributed by atoms with Gasteiger partial charge in [0.15, 0.2) is 0 Å². The van der Waals surface area contributed by atoms with Crippen LogP contribution in [-0.4, -0.2) is 0 Å². The van der Waals surface area contributed by atoms with Crippen LogP contribution in [0.5, 0.6) is 0 Å². The molecular formula is C6H4Pt2-2. The molecule has 0 aliphatic rings. The first-order valence-electron chi connectivity index (χ1n) is 1.82. The van der Waals surface area contributed by atoms with Crippen LogP contribution in [0.1, 0.15) is 0 Å². The first kappa shape index (κ1) is 11.4. The zero-order valence-corrected chi connectivity index (χ0v) is 8.49. The average Bonchev–Trinajstić information content (AvgIpc) is 1.72. The van der Waals surface area contributed by atoms with E-state index in [4.69, 9.17) is 0 Å². The van der Waals surface area contributed by atoms with E-state index >= 15 is 0 Å². The fourth-order valence-electron chi connectivity index (χ4n) is 0.304. The van der Waals surface area contributed by atoms with Gasteiger partial charge in [-0.05, 0) is 0 Å². The van der Waals surface area contributed by atoms with Crippen LogP contribution in [-0.2, 0) is 42.1 Å². The van der Waals surface area contributed by atoms with Crippen molar-refractivity contribution < 1.29 is 42.1 Å². The van der Waals surface area contributed by atoms with Gasteiger partial charge in [-0.2, -0.15) is 0 Å². The van der Waals surface area contributed by atoms with Crippen molar-refractivity contribution in [1.29, 1.82) is 0 Å². The molecule has 0 amide bonds. The fraction of sp³-hybridized carbons (Fsp3) is 0. The zero-order valence-electron chi connectivity index (χ0n) is 3.94. The van der Waals surface area contributed by atoms with Crippen LogP contribution >= 0.6 is 0 Å². The van der Waals surface area contributed by atoms with Gasteiger partial charge >= 0.3 is 0 Å². The molecule has 2 heteroatoms. The molecule has 0 aliphatic heterocycles. The average molecular weight is 466 g/mol. The Bertz CT molecular complexity index is 78.5. The maximum absolute atomic E-state index is 2.86. The van der Waals surface area contributed by atoms with E-state index in [1.807, 2.05) is 24.3 Å². The van der Waals surface area contributed by atoms with Gasteiger partial charge in [0.2, 0.25) is 0 Å². The Morgan fingerprint density at radius 1 is 0.625 bits per heavy atom. The molecule has 0 aliphatic carbocycles. The maximum Gasteiger partial charge on any atom is 0 e. The number of benzene rings is 1. The largest absolute Gasteiger partial charge is 0.319 e. The number of rotatable bonds is 0. The van der Waals surface area contributed by atoms with Gasteiger partial charge in [0.1, 0.15) is 0 Å². The van der Waals surface area contributed by atoms with Crippen molar-refractivity contribution in [1.82, 2.24) is 0 Å². The molecule has 0 unspecified atom stereocenters. The van der Waals surface area contributed by atoms with Gasteiger partial charge < -0.3 is 12.1 Å². The third kappa shape index (κ3) is 4.75. The van der Waals surface area contributed by atoms with Crippen LogP contribution in [0.3, 0.4) is 0 Å². The van der Waals surface area contributed by atoms with E-state index in [-0.39, 0.29) is 42.1 Å². The molecule has 8 heavy (non-hydrogen) atoms. The molecule has 1 aromatic carbocycles. The van der Waals surface area contributed by atoms with Gasteiger partial charge in [0, 0.05) is 42.1 Å². The maximum atomic E-state index is 2.86. The van der Waals surface area contributed by atoms with Crippen molar-refractivity contribution >= 4 is 0 Å². The molecule has 0 saturated carbocycles. The van der Waals surface area contributed by atoms with Crippen LogP contribution in [0.4, 0.5) is 0 Å². The van der Waals surface area contributed by atoms with Crippen LogP contribution in [0.25, 0.3) is 0 Å². The molecule has 0 spiro atoms. The second-order valence-electron chi connectivity index (χ2n) is 1.00. The van der Waals surface area contributed by atoms with Crippen molar-refractivity contribution in [3.05, 3.63) is 36.4 Å². The van der Waals surface area contributed by atoms with Gasteiger partial charge in [0.25, 0.3) is 0 Å². The summed E-state index contributed by atoms with van der Waals surface area (Å²) in [4.78, 5) is 0. The molecule has 0 fully saturated rings. The van der Waals surface area contributed by atoms with Crippen molar-refractivity contribution in [2.45, 2.75) is 0 Å². The summed E-state index contributed by atoms with van der Waals surface area (Å²) in [5.41, 5.74) is 0. The van der Waals surface area contributed by atoms with Crippen LogP contribution < -0.4 is 0 Å². The summed E-state index contributed by atoms with van der Waals surface area (Å²) in [6.45, 7) is 0. The Morgan fingerprint density at radius 3 is 1.00 bits per heavy atom. The molecule has 0 N–H and O–H groups in total. The van der Waals surface area contributed by atoms with E-state index in [2.05, 4.69) is 12.1 Å². The summed E-state index contributed by atoms with van der Waals surface area (Å²) in [5, 5.41) is 0. The molecule has 0 atom stereocenters. The summed E-state index contributed by atoms with van der Waals surface area (Å²) in [5.74, 6) is 0. The monoisotopic (exact) mass is 466 g/mol. The summed E-state index contributed by atoms with van der Waals surface area (Å²) in [7, 11) is 0. The zero-order chi connectivity index (χ0) is 4.24. The quantitative estimate of drug-likeness (QED) is 0.506. The molecular weight excluding hydrogens is 462 g/mol. The molecule has 0 saturated heterocycles. The van der Waals surface area contributed by atoms with Crippen LogP contribution in [0.15, 0.2) is 24.3 Å². The van der Waals surface area contributed by atoms with E-state index < -0.39 is 0 Å². The Hall–Kier alpha value is 0.597. The minimum atomic E-state index is 0. The van der Waals surface area contributed by atoms with E-state index in [1.54, 1.807) is 0 Å². The van der Waals surface area contributed by atoms with Crippen molar-refractivity contribution in [3.8, 4) is 0 Å². The Morgan fingerprint density at radius 2 is 0.875 bits per heavy atom.